The van der Waals surface area contributed by atoms with Gasteiger partial charge in [0.2, 0.25) is 5.91 Å². The van der Waals surface area contributed by atoms with Crippen molar-refractivity contribution in [1.82, 2.24) is 19.9 Å². The summed E-state index contributed by atoms with van der Waals surface area (Å²) in [5.41, 5.74) is 0.919. The Labute approximate surface area is 133 Å². The molecule has 3 rings (SSSR count). The maximum Gasteiger partial charge on any atom is 0.219 e. The highest BCUT2D eigenvalue weighted by molar-refractivity contribution is 7.15. The average molecular weight is 317 g/mol. The second-order valence-corrected chi connectivity index (χ2v) is 6.84. The lowest BCUT2D eigenvalue weighted by atomic mass is 10.1. The monoisotopic (exact) mass is 317 g/mol. The van der Waals surface area contributed by atoms with Crippen LogP contribution in [0.25, 0.3) is 0 Å². The number of amides is 1. The van der Waals surface area contributed by atoms with Crippen LogP contribution in [0.4, 0.5) is 10.9 Å². The van der Waals surface area contributed by atoms with E-state index in [1.165, 1.54) is 0 Å². The number of likely N-dealkylation sites (tertiary alicyclic amines) is 1. The van der Waals surface area contributed by atoms with E-state index >= 15 is 0 Å². The van der Waals surface area contributed by atoms with Gasteiger partial charge < -0.3 is 10.2 Å². The molecule has 1 fully saturated rings. The summed E-state index contributed by atoms with van der Waals surface area (Å²) in [6.45, 7) is 7.08. The maximum atomic E-state index is 11.5. The Morgan fingerprint density at radius 3 is 2.86 bits per heavy atom. The lowest BCUT2D eigenvalue weighted by Crippen LogP contribution is -2.25. The Morgan fingerprint density at radius 1 is 1.41 bits per heavy atom. The summed E-state index contributed by atoms with van der Waals surface area (Å²) < 4.78 is 0. The van der Waals surface area contributed by atoms with Crippen molar-refractivity contribution in [3.8, 4) is 0 Å². The van der Waals surface area contributed by atoms with Crippen LogP contribution in [0, 0.1) is 13.8 Å². The first-order valence-corrected chi connectivity index (χ1v) is 8.13. The molecule has 1 amide bonds. The minimum absolute atomic E-state index is 0.117. The second kappa shape index (κ2) is 6.00. The van der Waals surface area contributed by atoms with Crippen LogP contribution in [0.2, 0.25) is 0 Å². The van der Waals surface area contributed by atoms with E-state index in [4.69, 9.17) is 0 Å². The van der Waals surface area contributed by atoms with Crippen molar-refractivity contribution in [2.24, 2.45) is 0 Å². The number of nitrogens with zero attached hydrogens (tertiary/aromatic N) is 4. The van der Waals surface area contributed by atoms with Gasteiger partial charge in [0, 0.05) is 48.8 Å². The number of rotatable bonds is 3. The minimum atomic E-state index is 0.117. The lowest BCUT2D eigenvalue weighted by molar-refractivity contribution is -0.127. The molecule has 7 heteroatoms. The lowest BCUT2D eigenvalue weighted by Gasteiger charge is -2.14. The third-order valence-electron chi connectivity index (χ3n) is 3.73. The number of carbonyl (C=O) groups is 1. The number of aromatic nitrogens is 3. The van der Waals surface area contributed by atoms with Crippen molar-refractivity contribution in [3.63, 3.8) is 0 Å². The Hall–Kier alpha value is -2.02. The summed E-state index contributed by atoms with van der Waals surface area (Å²) >= 11 is 1.60. The van der Waals surface area contributed by atoms with Gasteiger partial charge in [-0.25, -0.2) is 15.0 Å². The van der Waals surface area contributed by atoms with Crippen molar-refractivity contribution >= 4 is 28.2 Å². The molecule has 0 aromatic carbocycles. The maximum absolute atomic E-state index is 11.5. The van der Waals surface area contributed by atoms with Crippen LogP contribution < -0.4 is 5.32 Å². The molecule has 0 saturated carbocycles. The van der Waals surface area contributed by atoms with Gasteiger partial charge in [0.1, 0.15) is 11.6 Å². The highest BCUT2D eigenvalue weighted by Gasteiger charge is 2.27. The molecule has 116 valence electrons. The topological polar surface area (TPSA) is 71.0 Å². The number of carbonyl (C=O) groups excluding carboxylic acids is 1. The molecule has 2 aromatic heterocycles. The molecule has 0 radical (unpaired) electrons. The van der Waals surface area contributed by atoms with Crippen LogP contribution in [0.15, 0.2) is 12.3 Å². The van der Waals surface area contributed by atoms with E-state index in [0.29, 0.717) is 6.54 Å². The van der Waals surface area contributed by atoms with Gasteiger partial charge in [-0.05, 0) is 20.3 Å². The molecule has 0 aliphatic carbocycles. The molecule has 1 unspecified atom stereocenters. The SMILES string of the molecule is CC(=O)N1CCC(c2nc(C)cc(Nc3ncc(C)s3)n2)C1. The van der Waals surface area contributed by atoms with E-state index in [1.54, 1.807) is 18.3 Å². The Kier molecular flexibility index (Phi) is 4.06. The third kappa shape index (κ3) is 3.24. The predicted octanol–water partition coefficient (Wildman–Crippen LogP) is 2.63. The number of anilines is 2. The molecule has 0 bridgehead atoms. The predicted molar refractivity (Wildman–Crippen MR) is 86.5 cm³/mol. The van der Waals surface area contributed by atoms with Crippen molar-refractivity contribution in [2.75, 3.05) is 18.4 Å². The van der Waals surface area contributed by atoms with Crippen LogP contribution in [-0.4, -0.2) is 38.8 Å². The zero-order valence-electron chi connectivity index (χ0n) is 13.0. The minimum Gasteiger partial charge on any atom is -0.342 e. The molecule has 2 aromatic rings. The standard InChI is InChI=1S/C15H19N5OS/c1-9-6-13(19-15-16-7-10(2)22-15)18-14(17-9)12-4-5-20(8-12)11(3)21/h6-7,12H,4-5,8H2,1-3H3,(H,16,17,18,19). The number of nitrogens with one attached hydrogen (secondary N) is 1. The molecule has 1 N–H and O–H groups in total. The van der Waals surface area contributed by atoms with Crippen LogP contribution >= 0.6 is 11.3 Å². The summed E-state index contributed by atoms with van der Waals surface area (Å²) in [7, 11) is 0. The van der Waals surface area contributed by atoms with E-state index in [2.05, 4.69) is 20.3 Å². The summed E-state index contributed by atoms with van der Waals surface area (Å²) in [5, 5.41) is 4.07. The fraction of sp³-hybridized carbons (Fsp3) is 0.467. The molecular weight excluding hydrogens is 298 g/mol. The van der Waals surface area contributed by atoms with Crippen molar-refractivity contribution < 1.29 is 4.79 Å². The van der Waals surface area contributed by atoms with Crippen LogP contribution in [-0.2, 0) is 4.79 Å². The first-order chi connectivity index (χ1) is 10.5. The average Bonchev–Trinajstić information content (AvgIpc) is 3.07. The fourth-order valence-electron chi connectivity index (χ4n) is 2.62. The number of aryl methyl sites for hydroxylation is 2. The Bertz CT molecular complexity index is 699. The number of hydrogen-bond donors (Lipinski definition) is 1. The van der Waals surface area contributed by atoms with Gasteiger partial charge >= 0.3 is 0 Å². The molecule has 1 saturated heterocycles. The summed E-state index contributed by atoms with van der Waals surface area (Å²) in [6.07, 6.45) is 2.75. The van der Waals surface area contributed by atoms with Crippen molar-refractivity contribution in [1.29, 1.82) is 0 Å². The molecule has 3 heterocycles. The molecule has 1 aliphatic rings. The van der Waals surface area contributed by atoms with Gasteiger partial charge in [-0.15, -0.1) is 11.3 Å². The molecule has 1 atom stereocenters. The zero-order valence-corrected chi connectivity index (χ0v) is 13.8. The molecule has 0 spiro atoms. The molecule has 1 aliphatic heterocycles. The van der Waals surface area contributed by atoms with E-state index < -0.39 is 0 Å². The van der Waals surface area contributed by atoms with Gasteiger partial charge in [0.25, 0.3) is 0 Å². The number of thiazole rings is 1. The first-order valence-electron chi connectivity index (χ1n) is 7.32. The largest absolute Gasteiger partial charge is 0.342 e. The summed E-state index contributed by atoms with van der Waals surface area (Å²) in [5.74, 6) is 1.90. The van der Waals surface area contributed by atoms with Gasteiger partial charge in [-0.3, -0.25) is 4.79 Å². The van der Waals surface area contributed by atoms with Gasteiger partial charge in [-0.2, -0.15) is 0 Å². The Balaban J connectivity index is 1.79. The van der Waals surface area contributed by atoms with E-state index in [1.807, 2.05) is 31.0 Å². The highest BCUT2D eigenvalue weighted by atomic mass is 32.1. The Morgan fingerprint density at radius 2 is 2.23 bits per heavy atom. The summed E-state index contributed by atoms with van der Waals surface area (Å²) in [4.78, 5) is 27.9. The normalized spacial score (nSPS) is 17.8. The van der Waals surface area contributed by atoms with Gasteiger partial charge in [-0.1, -0.05) is 0 Å². The summed E-state index contributed by atoms with van der Waals surface area (Å²) in [6, 6.07) is 1.91. The van der Waals surface area contributed by atoms with E-state index in [9.17, 15) is 4.79 Å². The molecule has 22 heavy (non-hydrogen) atoms. The van der Waals surface area contributed by atoms with E-state index in [-0.39, 0.29) is 11.8 Å². The van der Waals surface area contributed by atoms with Crippen molar-refractivity contribution in [3.05, 3.63) is 28.7 Å². The quantitative estimate of drug-likeness (QED) is 0.942. The van der Waals surface area contributed by atoms with Crippen LogP contribution in [0.5, 0.6) is 0 Å². The molecular formula is C15H19N5OS. The smallest absolute Gasteiger partial charge is 0.219 e. The highest BCUT2D eigenvalue weighted by Crippen LogP contribution is 2.27. The van der Waals surface area contributed by atoms with Gasteiger partial charge in [0.15, 0.2) is 5.13 Å². The van der Waals surface area contributed by atoms with E-state index in [0.717, 1.165) is 40.3 Å². The van der Waals surface area contributed by atoms with Gasteiger partial charge in [0.05, 0.1) is 0 Å². The zero-order chi connectivity index (χ0) is 15.7. The van der Waals surface area contributed by atoms with Crippen LogP contribution in [0.1, 0.15) is 35.7 Å². The first kappa shape index (κ1) is 14.9. The second-order valence-electron chi connectivity index (χ2n) is 5.60. The van der Waals surface area contributed by atoms with Crippen molar-refractivity contribution in [2.45, 2.75) is 33.1 Å². The molecule has 6 nitrogen and oxygen atoms in total. The number of hydrogen-bond acceptors (Lipinski definition) is 6. The third-order valence-corrected chi connectivity index (χ3v) is 4.55. The fourth-order valence-corrected chi connectivity index (χ4v) is 3.29. The van der Waals surface area contributed by atoms with Crippen LogP contribution in [0.3, 0.4) is 0 Å².